The van der Waals surface area contributed by atoms with E-state index in [0.717, 1.165) is 22.1 Å². The van der Waals surface area contributed by atoms with E-state index in [4.69, 9.17) is 0 Å². The molecule has 0 fully saturated rings. The zero-order valence-corrected chi connectivity index (χ0v) is 12.4. The Morgan fingerprint density at radius 3 is 2.47 bits per heavy atom. The molecule has 0 atom stereocenters. The van der Waals surface area contributed by atoms with Crippen LogP contribution >= 0.6 is 22.6 Å². The molecule has 1 rings (SSSR count). The second-order valence-corrected chi connectivity index (χ2v) is 5.51. The Bertz CT molecular complexity index is 358. The van der Waals surface area contributed by atoms with Crippen LogP contribution in [0.1, 0.15) is 26.7 Å². The minimum Gasteiger partial charge on any atom is -0.396 e. The standard InChI is InChI=1S/C13H19FINO/c1-3-13(4-2,9-17)8-16-12-6-5-10(14)7-11(12)15/h5-7,16-17H,3-4,8-9H2,1-2H3. The summed E-state index contributed by atoms with van der Waals surface area (Å²) in [5.74, 6) is -0.223. The van der Waals surface area contributed by atoms with Crippen LogP contribution in [0, 0.1) is 14.8 Å². The summed E-state index contributed by atoms with van der Waals surface area (Å²) >= 11 is 2.11. The molecule has 2 N–H and O–H groups in total. The van der Waals surface area contributed by atoms with Crippen LogP contribution in [0.5, 0.6) is 0 Å². The lowest BCUT2D eigenvalue weighted by atomic mass is 9.83. The van der Waals surface area contributed by atoms with Gasteiger partial charge in [0.15, 0.2) is 0 Å². The van der Waals surface area contributed by atoms with Crippen LogP contribution in [0.3, 0.4) is 0 Å². The van der Waals surface area contributed by atoms with Gasteiger partial charge in [0.25, 0.3) is 0 Å². The lowest BCUT2D eigenvalue weighted by molar-refractivity contribution is 0.127. The molecule has 2 nitrogen and oxygen atoms in total. The zero-order valence-electron chi connectivity index (χ0n) is 10.3. The smallest absolute Gasteiger partial charge is 0.124 e. The van der Waals surface area contributed by atoms with Gasteiger partial charge in [-0.1, -0.05) is 13.8 Å². The van der Waals surface area contributed by atoms with Gasteiger partial charge in [0, 0.05) is 21.2 Å². The largest absolute Gasteiger partial charge is 0.396 e. The summed E-state index contributed by atoms with van der Waals surface area (Å²) in [4.78, 5) is 0. The topological polar surface area (TPSA) is 32.3 Å². The molecular formula is C13H19FINO. The molecule has 0 amide bonds. The first-order chi connectivity index (χ1) is 8.06. The van der Waals surface area contributed by atoms with Gasteiger partial charge in [-0.25, -0.2) is 4.39 Å². The first-order valence-corrected chi connectivity index (χ1v) is 6.94. The molecule has 0 aliphatic rings. The van der Waals surface area contributed by atoms with E-state index in [0.29, 0.717) is 6.54 Å². The fraction of sp³-hybridized carbons (Fsp3) is 0.538. The van der Waals surface area contributed by atoms with Crippen molar-refractivity contribution >= 4 is 28.3 Å². The molecule has 0 heterocycles. The molecule has 96 valence electrons. The number of rotatable bonds is 6. The van der Waals surface area contributed by atoms with Gasteiger partial charge in [0.2, 0.25) is 0 Å². The van der Waals surface area contributed by atoms with Gasteiger partial charge in [-0.05, 0) is 53.6 Å². The Morgan fingerprint density at radius 2 is 2.00 bits per heavy atom. The molecule has 0 unspecified atom stereocenters. The van der Waals surface area contributed by atoms with Gasteiger partial charge in [0.05, 0.1) is 6.61 Å². The van der Waals surface area contributed by atoms with Gasteiger partial charge in [-0.2, -0.15) is 0 Å². The van der Waals surface area contributed by atoms with Crippen molar-refractivity contribution in [1.29, 1.82) is 0 Å². The number of hydrogen-bond acceptors (Lipinski definition) is 2. The van der Waals surface area contributed by atoms with E-state index in [1.807, 2.05) is 0 Å². The van der Waals surface area contributed by atoms with Crippen molar-refractivity contribution < 1.29 is 9.50 Å². The average Bonchev–Trinajstić information content (AvgIpc) is 2.33. The molecule has 0 aromatic heterocycles. The molecule has 17 heavy (non-hydrogen) atoms. The fourth-order valence-electron chi connectivity index (χ4n) is 1.70. The number of anilines is 1. The maximum Gasteiger partial charge on any atom is 0.124 e. The van der Waals surface area contributed by atoms with Crippen molar-refractivity contribution in [3.63, 3.8) is 0 Å². The maximum absolute atomic E-state index is 12.9. The van der Waals surface area contributed by atoms with Crippen molar-refractivity contribution in [2.45, 2.75) is 26.7 Å². The quantitative estimate of drug-likeness (QED) is 0.767. The first-order valence-electron chi connectivity index (χ1n) is 5.86. The van der Waals surface area contributed by atoms with Crippen molar-refractivity contribution in [3.8, 4) is 0 Å². The van der Waals surface area contributed by atoms with E-state index in [-0.39, 0.29) is 17.8 Å². The third-order valence-corrected chi connectivity index (χ3v) is 4.31. The first kappa shape index (κ1) is 14.7. The van der Waals surface area contributed by atoms with E-state index in [9.17, 15) is 9.50 Å². The predicted octanol–water partition coefficient (Wildman–Crippen LogP) is 3.64. The molecule has 0 aliphatic heterocycles. The highest BCUT2D eigenvalue weighted by atomic mass is 127. The van der Waals surface area contributed by atoms with Gasteiger partial charge < -0.3 is 10.4 Å². The summed E-state index contributed by atoms with van der Waals surface area (Å²) in [5, 5.41) is 12.8. The number of aliphatic hydroxyl groups excluding tert-OH is 1. The predicted molar refractivity (Wildman–Crippen MR) is 77.7 cm³/mol. The Balaban J connectivity index is 2.72. The Morgan fingerprint density at radius 1 is 1.35 bits per heavy atom. The van der Waals surface area contributed by atoms with Crippen LogP contribution in [0.2, 0.25) is 0 Å². The number of nitrogens with one attached hydrogen (secondary N) is 1. The van der Waals surface area contributed by atoms with Crippen molar-refractivity contribution in [1.82, 2.24) is 0 Å². The van der Waals surface area contributed by atoms with Crippen molar-refractivity contribution in [3.05, 3.63) is 27.6 Å². The molecule has 0 saturated heterocycles. The summed E-state index contributed by atoms with van der Waals surface area (Å²) in [6.45, 7) is 5.04. The number of hydrogen-bond donors (Lipinski definition) is 2. The van der Waals surface area contributed by atoms with E-state index < -0.39 is 0 Å². The molecule has 0 aliphatic carbocycles. The van der Waals surface area contributed by atoms with Crippen LogP contribution in [-0.4, -0.2) is 18.3 Å². The van der Waals surface area contributed by atoms with Crippen molar-refractivity contribution in [2.24, 2.45) is 5.41 Å². The van der Waals surface area contributed by atoms with Crippen LogP contribution in [-0.2, 0) is 0 Å². The minimum atomic E-state index is -0.223. The highest BCUT2D eigenvalue weighted by molar-refractivity contribution is 14.1. The normalized spacial score (nSPS) is 11.6. The maximum atomic E-state index is 12.9. The molecule has 0 saturated carbocycles. The lowest BCUT2D eigenvalue weighted by Gasteiger charge is -2.30. The molecular weight excluding hydrogens is 332 g/mol. The number of aliphatic hydroxyl groups is 1. The summed E-state index contributed by atoms with van der Waals surface area (Å²) in [6, 6.07) is 4.69. The minimum absolute atomic E-state index is 0.0858. The molecule has 1 aromatic carbocycles. The van der Waals surface area contributed by atoms with Crippen LogP contribution in [0.25, 0.3) is 0 Å². The Kier molecular flexibility index (Phi) is 5.66. The van der Waals surface area contributed by atoms with Gasteiger partial charge >= 0.3 is 0 Å². The van der Waals surface area contributed by atoms with Crippen LogP contribution in [0.15, 0.2) is 18.2 Å². The monoisotopic (exact) mass is 351 g/mol. The van der Waals surface area contributed by atoms with E-state index in [1.54, 1.807) is 6.07 Å². The molecule has 0 bridgehead atoms. The van der Waals surface area contributed by atoms with Gasteiger partial charge in [-0.15, -0.1) is 0 Å². The van der Waals surface area contributed by atoms with E-state index in [2.05, 4.69) is 41.8 Å². The van der Waals surface area contributed by atoms with Gasteiger partial charge in [-0.3, -0.25) is 0 Å². The average molecular weight is 351 g/mol. The third-order valence-electron chi connectivity index (χ3n) is 3.42. The molecule has 0 radical (unpaired) electrons. The number of halogens is 2. The summed E-state index contributed by atoms with van der Waals surface area (Å²) in [5.41, 5.74) is 0.837. The summed E-state index contributed by atoms with van der Waals surface area (Å²) in [7, 11) is 0. The van der Waals surface area contributed by atoms with E-state index in [1.165, 1.54) is 12.1 Å². The summed E-state index contributed by atoms with van der Waals surface area (Å²) < 4.78 is 13.8. The lowest BCUT2D eigenvalue weighted by Crippen LogP contribution is -2.32. The van der Waals surface area contributed by atoms with Gasteiger partial charge in [0.1, 0.15) is 5.82 Å². The second kappa shape index (κ2) is 6.54. The van der Waals surface area contributed by atoms with Crippen LogP contribution in [0.4, 0.5) is 10.1 Å². The zero-order chi connectivity index (χ0) is 12.9. The van der Waals surface area contributed by atoms with Crippen molar-refractivity contribution in [2.75, 3.05) is 18.5 Å². The summed E-state index contributed by atoms with van der Waals surface area (Å²) in [6.07, 6.45) is 1.84. The Hall–Kier alpha value is -0.360. The van der Waals surface area contributed by atoms with Crippen LogP contribution < -0.4 is 5.32 Å². The van der Waals surface area contributed by atoms with E-state index >= 15 is 0 Å². The highest BCUT2D eigenvalue weighted by Crippen LogP contribution is 2.27. The number of benzene rings is 1. The molecule has 4 heteroatoms. The Labute approximate surface area is 116 Å². The SMILES string of the molecule is CCC(CC)(CO)CNc1ccc(F)cc1I. The molecule has 0 spiro atoms. The second-order valence-electron chi connectivity index (χ2n) is 4.34. The fourth-order valence-corrected chi connectivity index (χ4v) is 2.36. The molecule has 1 aromatic rings. The highest BCUT2D eigenvalue weighted by Gasteiger charge is 2.25. The third kappa shape index (κ3) is 3.81.